The smallest absolute Gasteiger partial charge is 0.338 e. The minimum absolute atomic E-state index is 0. The second-order valence-corrected chi connectivity index (χ2v) is 6.36. The molecule has 22 heavy (non-hydrogen) atoms. The summed E-state index contributed by atoms with van der Waals surface area (Å²) >= 11 is 0. The number of nitrogens with one attached hydrogen (secondary N) is 2. The van der Waals surface area contributed by atoms with Gasteiger partial charge in [0.2, 0.25) is 10.0 Å². The number of carbonyl (C=O) groups is 1. The van der Waals surface area contributed by atoms with Gasteiger partial charge in [-0.15, -0.1) is 12.4 Å². The molecule has 0 amide bonds. The van der Waals surface area contributed by atoms with E-state index in [1.807, 2.05) is 6.92 Å². The van der Waals surface area contributed by atoms with Crippen LogP contribution in [0.15, 0.2) is 24.3 Å². The molecular formula is C14H23ClN2O4S. The third-order valence-corrected chi connectivity index (χ3v) is 4.15. The summed E-state index contributed by atoms with van der Waals surface area (Å²) in [5.74, 6) is -0.781. The monoisotopic (exact) mass is 350 g/mol. The first-order valence-corrected chi connectivity index (χ1v) is 8.49. The van der Waals surface area contributed by atoms with Crippen molar-refractivity contribution in [1.82, 2.24) is 10.0 Å². The van der Waals surface area contributed by atoms with Crippen molar-refractivity contribution >= 4 is 28.4 Å². The molecule has 0 fully saturated rings. The van der Waals surface area contributed by atoms with E-state index in [0.717, 1.165) is 13.0 Å². The molecule has 0 saturated carbocycles. The van der Waals surface area contributed by atoms with Crippen LogP contribution in [0.4, 0.5) is 0 Å². The van der Waals surface area contributed by atoms with Gasteiger partial charge in [-0.3, -0.25) is 0 Å². The SMILES string of the molecule is CCCNCCNS(=O)(=O)Cc1ccccc1C(=O)OC.Cl. The average molecular weight is 351 g/mol. The van der Waals surface area contributed by atoms with Gasteiger partial charge in [0.15, 0.2) is 0 Å². The first-order chi connectivity index (χ1) is 10.00. The Morgan fingerprint density at radius 2 is 1.86 bits per heavy atom. The van der Waals surface area contributed by atoms with Crippen LogP contribution >= 0.6 is 12.4 Å². The third kappa shape index (κ3) is 7.22. The molecule has 1 aromatic carbocycles. The lowest BCUT2D eigenvalue weighted by molar-refractivity contribution is 0.0600. The van der Waals surface area contributed by atoms with Crippen LogP contribution in [0.3, 0.4) is 0 Å². The number of halogens is 1. The van der Waals surface area contributed by atoms with Crippen LogP contribution in [0.2, 0.25) is 0 Å². The van der Waals surface area contributed by atoms with Crippen LogP contribution in [-0.4, -0.2) is 41.1 Å². The molecule has 0 aliphatic carbocycles. The van der Waals surface area contributed by atoms with E-state index in [2.05, 4.69) is 14.8 Å². The first-order valence-electron chi connectivity index (χ1n) is 6.84. The van der Waals surface area contributed by atoms with Gasteiger partial charge in [-0.2, -0.15) is 0 Å². The molecule has 1 rings (SSSR count). The summed E-state index contributed by atoms with van der Waals surface area (Å²) < 4.78 is 31.2. The zero-order valence-corrected chi connectivity index (χ0v) is 14.4. The number of hydrogen-bond donors (Lipinski definition) is 2. The molecule has 0 aliphatic heterocycles. The third-order valence-electron chi connectivity index (χ3n) is 2.82. The fourth-order valence-electron chi connectivity index (χ4n) is 1.81. The van der Waals surface area contributed by atoms with Crippen molar-refractivity contribution in [2.45, 2.75) is 19.1 Å². The van der Waals surface area contributed by atoms with Crippen LogP contribution in [0, 0.1) is 0 Å². The van der Waals surface area contributed by atoms with Gasteiger partial charge in [0.1, 0.15) is 0 Å². The Hall–Kier alpha value is -1.15. The summed E-state index contributed by atoms with van der Waals surface area (Å²) in [6.07, 6.45) is 0.999. The molecule has 1 aromatic rings. The number of methoxy groups -OCH3 is 1. The molecule has 2 N–H and O–H groups in total. The summed E-state index contributed by atoms with van der Waals surface area (Å²) in [5.41, 5.74) is 0.702. The second kappa shape index (κ2) is 10.6. The summed E-state index contributed by atoms with van der Waals surface area (Å²) in [4.78, 5) is 11.6. The van der Waals surface area contributed by atoms with Gasteiger partial charge < -0.3 is 10.1 Å². The van der Waals surface area contributed by atoms with E-state index in [0.29, 0.717) is 18.7 Å². The van der Waals surface area contributed by atoms with Gasteiger partial charge >= 0.3 is 5.97 Å². The van der Waals surface area contributed by atoms with E-state index in [4.69, 9.17) is 0 Å². The summed E-state index contributed by atoms with van der Waals surface area (Å²) in [5, 5.41) is 3.11. The minimum Gasteiger partial charge on any atom is -0.465 e. The second-order valence-electron chi connectivity index (χ2n) is 4.55. The van der Waals surface area contributed by atoms with E-state index in [-0.39, 0.29) is 23.7 Å². The molecular weight excluding hydrogens is 328 g/mol. The van der Waals surface area contributed by atoms with E-state index in [9.17, 15) is 13.2 Å². The van der Waals surface area contributed by atoms with E-state index >= 15 is 0 Å². The van der Waals surface area contributed by atoms with Crippen molar-refractivity contribution in [3.63, 3.8) is 0 Å². The molecule has 0 saturated heterocycles. The van der Waals surface area contributed by atoms with Gasteiger partial charge in [0.25, 0.3) is 0 Å². The lowest BCUT2D eigenvalue weighted by Gasteiger charge is -2.10. The van der Waals surface area contributed by atoms with Crippen LogP contribution < -0.4 is 10.0 Å². The molecule has 0 bridgehead atoms. The van der Waals surface area contributed by atoms with Gasteiger partial charge in [0, 0.05) is 13.1 Å². The van der Waals surface area contributed by atoms with E-state index in [1.165, 1.54) is 7.11 Å². The molecule has 0 spiro atoms. The number of carbonyl (C=O) groups excluding carboxylic acids is 1. The van der Waals surface area contributed by atoms with Crippen molar-refractivity contribution in [3.05, 3.63) is 35.4 Å². The molecule has 0 heterocycles. The molecule has 8 heteroatoms. The Kier molecular flexibility index (Phi) is 10.0. The fraction of sp³-hybridized carbons (Fsp3) is 0.500. The van der Waals surface area contributed by atoms with Gasteiger partial charge in [-0.1, -0.05) is 25.1 Å². The lowest BCUT2D eigenvalue weighted by atomic mass is 10.1. The number of esters is 1. The summed E-state index contributed by atoms with van der Waals surface area (Å²) in [6.45, 7) is 3.79. The normalized spacial score (nSPS) is 10.8. The largest absolute Gasteiger partial charge is 0.465 e. The van der Waals surface area contributed by atoms with Crippen LogP contribution in [0.5, 0.6) is 0 Å². The minimum atomic E-state index is -3.48. The Morgan fingerprint density at radius 1 is 1.18 bits per heavy atom. The highest BCUT2D eigenvalue weighted by atomic mass is 35.5. The fourth-order valence-corrected chi connectivity index (χ4v) is 2.98. The predicted octanol–water partition coefficient (Wildman–Crippen LogP) is 1.31. The zero-order chi connectivity index (χ0) is 15.7. The molecule has 0 atom stereocenters. The van der Waals surface area contributed by atoms with Crippen molar-refractivity contribution < 1.29 is 17.9 Å². The van der Waals surface area contributed by atoms with E-state index < -0.39 is 16.0 Å². The lowest BCUT2D eigenvalue weighted by Crippen LogP contribution is -2.33. The summed E-state index contributed by atoms with van der Waals surface area (Å²) in [7, 11) is -2.21. The highest BCUT2D eigenvalue weighted by molar-refractivity contribution is 7.88. The van der Waals surface area contributed by atoms with Crippen molar-refractivity contribution in [2.24, 2.45) is 0 Å². The number of hydrogen-bond acceptors (Lipinski definition) is 5. The Labute approximate surface area is 138 Å². The Morgan fingerprint density at radius 3 is 2.50 bits per heavy atom. The Balaban J connectivity index is 0.00000441. The standard InChI is InChI=1S/C14H22N2O4S.ClH/c1-3-8-15-9-10-16-21(18,19)11-12-6-4-5-7-13(12)14(17)20-2;/h4-7,15-16H,3,8-11H2,1-2H3;1H. The average Bonchev–Trinajstić information content (AvgIpc) is 2.46. The highest BCUT2D eigenvalue weighted by Crippen LogP contribution is 2.13. The van der Waals surface area contributed by atoms with Crippen LogP contribution in [0.1, 0.15) is 29.3 Å². The highest BCUT2D eigenvalue weighted by Gasteiger charge is 2.17. The van der Waals surface area contributed by atoms with Gasteiger partial charge in [-0.25, -0.2) is 17.9 Å². The van der Waals surface area contributed by atoms with Crippen molar-refractivity contribution in [1.29, 1.82) is 0 Å². The molecule has 0 unspecified atom stereocenters. The molecule has 126 valence electrons. The molecule has 6 nitrogen and oxygen atoms in total. The number of ether oxygens (including phenoxy) is 1. The molecule has 0 aromatic heterocycles. The number of sulfonamides is 1. The van der Waals surface area contributed by atoms with Gasteiger partial charge in [0.05, 0.1) is 18.4 Å². The Bertz CT molecular complexity index is 564. The van der Waals surface area contributed by atoms with Crippen LogP contribution in [-0.2, 0) is 20.5 Å². The predicted molar refractivity (Wildman–Crippen MR) is 88.8 cm³/mol. The van der Waals surface area contributed by atoms with Crippen molar-refractivity contribution in [2.75, 3.05) is 26.7 Å². The zero-order valence-electron chi connectivity index (χ0n) is 12.8. The van der Waals surface area contributed by atoms with Crippen LogP contribution in [0.25, 0.3) is 0 Å². The van der Waals surface area contributed by atoms with E-state index in [1.54, 1.807) is 24.3 Å². The maximum Gasteiger partial charge on any atom is 0.338 e. The topological polar surface area (TPSA) is 84.5 Å². The molecule has 0 aliphatic rings. The maximum atomic E-state index is 12.0. The quantitative estimate of drug-likeness (QED) is 0.518. The maximum absolute atomic E-state index is 12.0. The molecule has 0 radical (unpaired) electrons. The number of rotatable bonds is 9. The van der Waals surface area contributed by atoms with Gasteiger partial charge in [-0.05, 0) is 24.6 Å². The van der Waals surface area contributed by atoms with Crippen molar-refractivity contribution in [3.8, 4) is 0 Å². The first kappa shape index (κ1) is 20.9. The number of benzene rings is 1. The summed E-state index contributed by atoms with van der Waals surface area (Å²) in [6, 6.07) is 6.53.